The van der Waals surface area contributed by atoms with Crippen molar-refractivity contribution in [2.75, 3.05) is 0 Å². The zero-order valence-electron chi connectivity index (χ0n) is 9.75. The van der Waals surface area contributed by atoms with Crippen molar-refractivity contribution in [2.45, 2.75) is 69.9 Å². The maximum atomic E-state index is 7.69. The largest absolute Gasteiger partial charge is 0.328 e. The first-order chi connectivity index (χ1) is 7.24. The molecule has 3 N–H and O–H groups in total. The number of nitrogens with two attached hydrogens (primary N) is 1. The van der Waals surface area contributed by atoms with Crippen LogP contribution in [0, 0.1) is 11.8 Å². The number of hydrogen-bond acceptors (Lipinski definition) is 1. The van der Waals surface area contributed by atoms with E-state index >= 15 is 0 Å². The van der Waals surface area contributed by atoms with Gasteiger partial charge in [0.2, 0.25) is 0 Å². The fourth-order valence-corrected chi connectivity index (χ4v) is 3.29. The highest BCUT2D eigenvalue weighted by Gasteiger charge is 2.24. The Morgan fingerprint density at radius 3 is 1.80 bits per heavy atom. The monoisotopic (exact) mass is 209 g/mol. The minimum absolute atomic E-state index is 0.251. The molecule has 0 aromatic rings. The molecule has 0 heterocycles. The molecule has 0 aliphatic heterocycles. The molecule has 0 aromatic carbocycles. The lowest BCUT2D eigenvalue weighted by Crippen LogP contribution is -2.28. The van der Waals surface area contributed by atoms with Gasteiger partial charge in [-0.1, -0.05) is 0 Å². The van der Waals surface area contributed by atoms with E-state index in [9.17, 15) is 0 Å². The van der Waals surface area contributed by atoms with Crippen LogP contribution in [0.4, 0.5) is 0 Å². The van der Waals surface area contributed by atoms with Gasteiger partial charge in [0.1, 0.15) is 0 Å². The van der Waals surface area contributed by atoms with Crippen molar-refractivity contribution in [2.24, 2.45) is 17.6 Å². The van der Waals surface area contributed by atoms with Gasteiger partial charge in [0, 0.05) is 12.1 Å². The summed E-state index contributed by atoms with van der Waals surface area (Å²) in [5, 5.41) is 0. The molecule has 0 amide bonds. The lowest BCUT2D eigenvalue weighted by atomic mass is 9.76. The fraction of sp³-hybridized carbons (Fsp3) is 1.00. The molecule has 2 aliphatic carbocycles. The van der Waals surface area contributed by atoms with Crippen LogP contribution in [0.15, 0.2) is 0 Å². The van der Waals surface area contributed by atoms with E-state index in [0.29, 0.717) is 6.04 Å². The number of rotatable bonds is 2. The summed E-state index contributed by atoms with van der Waals surface area (Å²) in [6.45, 7) is 0. The predicted molar refractivity (Wildman–Crippen MR) is 63.4 cm³/mol. The van der Waals surface area contributed by atoms with Gasteiger partial charge in [-0.3, -0.25) is 5.73 Å². The van der Waals surface area contributed by atoms with Gasteiger partial charge in [0.05, 0.1) is 0 Å². The minimum atomic E-state index is 0.251. The van der Waals surface area contributed by atoms with Crippen molar-refractivity contribution in [3.8, 4) is 0 Å². The molecule has 2 heteroatoms. The van der Waals surface area contributed by atoms with Gasteiger partial charge in [0.25, 0.3) is 0 Å². The summed E-state index contributed by atoms with van der Waals surface area (Å²) in [4.78, 5) is 0. The smallest absolute Gasteiger partial charge is 0.0213 e. The zero-order chi connectivity index (χ0) is 10.7. The summed E-state index contributed by atoms with van der Waals surface area (Å²) in [5.74, 6) is 1.89. The molecule has 0 aromatic heterocycles. The van der Waals surface area contributed by atoms with Crippen molar-refractivity contribution in [3.63, 3.8) is 0 Å². The molecule has 0 unspecified atom stereocenters. The molecular weight excluding hydrogens is 184 g/mol. The van der Waals surface area contributed by atoms with Crippen LogP contribution in [-0.2, 0) is 0 Å². The summed E-state index contributed by atoms with van der Waals surface area (Å²) < 4.78 is 0. The van der Waals surface area contributed by atoms with Crippen molar-refractivity contribution < 1.29 is 0 Å². The second-order valence-electron chi connectivity index (χ2n) is 5.73. The lowest BCUT2D eigenvalue weighted by Gasteiger charge is -2.32. The third kappa shape index (κ3) is 3.46. The van der Waals surface area contributed by atoms with Gasteiger partial charge in [0.15, 0.2) is 0 Å². The summed E-state index contributed by atoms with van der Waals surface area (Å²) in [7, 11) is 0. The Balaban J connectivity index is 1.68. The highest BCUT2D eigenvalue weighted by molar-refractivity contribution is 4.80. The van der Waals surface area contributed by atoms with Crippen LogP contribution in [0.3, 0.4) is 0 Å². The van der Waals surface area contributed by atoms with Gasteiger partial charge >= 0.3 is 0 Å². The Morgan fingerprint density at radius 2 is 1.27 bits per heavy atom. The normalized spacial score (nSPS) is 42.8. The molecule has 0 atom stereocenters. The summed E-state index contributed by atoms with van der Waals surface area (Å²) in [5.41, 5.74) is 13.6. The van der Waals surface area contributed by atoms with E-state index in [4.69, 9.17) is 11.5 Å². The van der Waals surface area contributed by atoms with Gasteiger partial charge in [-0.05, 0) is 69.6 Å². The molecule has 2 saturated carbocycles. The second-order valence-corrected chi connectivity index (χ2v) is 5.73. The highest BCUT2D eigenvalue weighted by Crippen LogP contribution is 2.34. The van der Waals surface area contributed by atoms with Crippen LogP contribution in [0.25, 0.3) is 0 Å². The van der Waals surface area contributed by atoms with Gasteiger partial charge in [-0.2, -0.15) is 0 Å². The van der Waals surface area contributed by atoms with Gasteiger partial charge < -0.3 is 5.73 Å². The van der Waals surface area contributed by atoms with Crippen molar-refractivity contribution in [1.29, 1.82) is 0 Å². The Bertz CT molecular complexity index is 157. The number of hydrogen-bond donors (Lipinski definition) is 1. The lowest BCUT2D eigenvalue weighted by molar-refractivity contribution is 0.224. The fourth-order valence-electron chi connectivity index (χ4n) is 3.29. The molecule has 87 valence electrons. The SMILES string of the molecule is [NH]C1CCC(CC2CCC(N)CC2)CC1. The van der Waals surface area contributed by atoms with Crippen LogP contribution in [0.1, 0.15) is 57.8 Å². The molecule has 0 saturated heterocycles. The van der Waals surface area contributed by atoms with E-state index in [2.05, 4.69) is 0 Å². The van der Waals surface area contributed by atoms with Crippen LogP contribution >= 0.6 is 0 Å². The zero-order valence-corrected chi connectivity index (χ0v) is 9.75. The first kappa shape index (κ1) is 11.4. The third-order valence-electron chi connectivity index (χ3n) is 4.40. The van der Waals surface area contributed by atoms with Crippen molar-refractivity contribution in [3.05, 3.63) is 0 Å². The maximum absolute atomic E-state index is 7.69. The maximum Gasteiger partial charge on any atom is 0.0213 e. The summed E-state index contributed by atoms with van der Waals surface area (Å²) in [6, 6.07) is 0.742. The Labute approximate surface area is 93.8 Å². The average Bonchev–Trinajstić information content (AvgIpc) is 2.25. The van der Waals surface area contributed by atoms with E-state index in [-0.39, 0.29) is 6.04 Å². The van der Waals surface area contributed by atoms with E-state index in [1.807, 2.05) is 0 Å². The number of nitrogens with one attached hydrogen (secondary N) is 1. The molecule has 1 radical (unpaired) electrons. The van der Waals surface area contributed by atoms with E-state index in [0.717, 1.165) is 24.7 Å². The van der Waals surface area contributed by atoms with Crippen LogP contribution in [0.2, 0.25) is 0 Å². The Kier molecular flexibility index (Phi) is 4.04. The third-order valence-corrected chi connectivity index (χ3v) is 4.40. The first-order valence-corrected chi connectivity index (χ1v) is 6.70. The predicted octanol–water partition coefficient (Wildman–Crippen LogP) is 2.74. The summed E-state index contributed by atoms with van der Waals surface area (Å²) in [6.07, 6.45) is 11.6. The van der Waals surface area contributed by atoms with E-state index in [1.54, 1.807) is 0 Å². The average molecular weight is 209 g/mol. The molecule has 2 nitrogen and oxygen atoms in total. The van der Waals surface area contributed by atoms with Gasteiger partial charge in [-0.25, -0.2) is 0 Å². The Morgan fingerprint density at radius 1 is 0.800 bits per heavy atom. The van der Waals surface area contributed by atoms with Crippen molar-refractivity contribution >= 4 is 0 Å². The first-order valence-electron chi connectivity index (χ1n) is 6.70. The minimum Gasteiger partial charge on any atom is -0.328 e. The van der Waals surface area contributed by atoms with Crippen LogP contribution < -0.4 is 11.5 Å². The molecule has 2 aliphatic rings. The van der Waals surface area contributed by atoms with E-state index in [1.165, 1.54) is 44.9 Å². The van der Waals surface area contributed by atoms with Crippen molar-refractivity contribution in [1.82, 2.24) is 5.73 Å². The molecule has 15 heavy (non-hydrogen) atoms. The summed E-state index contributed by atoms with van der Waals surface area (Å²) >= 11 is 0. The molecule has 2 rings (SSSR count). The Hall–Kier alpha value is -0.0800. The molecule has 2 fully saturated rings. The van der Waals surface area contributed by atoms with Crippen LogP contribution in [-0.4, -0.2) is 12.1 Å². The highest BCUT2D eigenvalue weighted by atomic mass is 14.6. The quantitative estimate of drug-likeness (QED) is 0.747. The van der Waals surface area contributed by atoms with Crippen LogP contribution in [0.5, 0.6) is 0 Å². The van der Waals surface area contributed by atoms with Gasteiger partial charge in [-0.15, -0.1) is 0 Å². The molecular formula is C13H25N2. The second kappa shape index (κ2) is 5.31. The molecule has 0 spiro atoms. The topological polar surface area (TPSA) is 49.8 Å². The standard InChI is InChI=1S/C13H25N2/c14-12-5-1-10(2-6-12)9-11-3-7-13(15)8-4-11/h10-14H,1-9,15H2. The molecule has 0 bridgehead atoms. The van der Waals surface area contributed by atoms with E-state index < -0.39 is 0 Å².